The van der Waals surface area contributed by atoms with E-state index in [1.807, 2.05) is 12.1 Å². The second kappa shape index (κ2) is 10.2. The molecule has 0 saturated heterocycles. The van der Waals surface area contributed by atoms with Crippen LogP contribution in [-0.2, 0) is 11.2 Å². The van der Waals surface area contributed by atoms with Crippen molar-refractivity contribution in [1.82, 2.24) is 5.32 Å². The van der Waals surface area contributed by atoms with Gasteiger partial charge >= 0.3 is 0 Å². The first-order valence-corrected chi connectivity index (χ1v) is 9.21. The van der Waals surface area contributed by atoms with E-state index in [1.165, 1.54) is 5.56 Å². The Bertz CT molecular complexity index is 656. The van der Waals surface area contributed by atoms with Crippen molar-refractivity contribution in [3.63, 3.8) is 0 Å². The Hall–Kier alpha value is -1.85. The van der Waals surface area contributed by atoms with Gasteiger partial charge in [0.2, 0.25) is 5.91 Å². The highest BCUT2D eigenvalue weighted by Gasteiger charge is 2.09. The van der Waals surface area contributed by atoms with Crippen molar-refractivity contribution in [1.29, 1.82) is 0 Å². The van der Waals surface area contributed by atoms with Crippen molar-refractivity contribution in [2.24, 2.45) is 0 Å². The number of hydrogen-bond acceptors (Lipinski definition) is 3. The van der Waals surface area contributed by atoms with E-state index in [9.17, 15) is 9.90 Å². The molecule has 0 heterocycles. The minimum atomic E-state index is -0.711. The quantitative estimate of drug-likeness (QED) is 0.619. The van der Waals surface area contributed by atoms with Crippen LogP contribution in [0.3, 0.4) is 0 Å². The van der Waals surface area contributed by atoms with Crippen molar-refractivity contribution in [2.45, 2.75) is 31.8 Å². The molecule has 2 aromatic carbocycles. The summed E-state index contributed by atoms with van der Waals surface area (Å²) in [5.41, 5.74) is 2.04. The molecule has 0 aliphatic rings. The molecule has 0 spiro atoms. The SMILES string of the molecule is COc1ccc(C(O)CNC(=O)CCCCc2ccc(Br)cc2)cc1. The maximum atomic E-state index is 11.9. The molecule has 2 rings (SSSR count). The first-order chi connectivity index (χ1) is 12.1. The molecule has 0 saturated carbocycles. The Morgan fingerprint density at radius 3 is 2.44 bits per heavy atom. The highest BCUT2D eigenvalue weighted by molar-refractivity contribution is 9.10. The number of halogens is 1. The number of nitrogens with one attached hydrogen (secondary N) is 1. The van der Waals surface area contributed by atoms with Gasteiger partial charge in [0.25, 0.3) is 0 Å². The number of aryl methyl sites for hydroxylation is 1. The Morgan fingerprint density at radius 1 is 1.12 bits per heavy atom. The van der Waals surface area contributed by atoms with Crippen LogP contribution in [0.15, 0.2) is 53.0 Å². The summed E-state index contributed by atoms with van der Waals surface area (Å²) in [6, 6.07) is 15.4. The number of carbonyl (C=O) groups excluding carboxylic acids is 1. The smallest absolute Gasteiger partial charge is 0.220 e. The summed E-state index contributed by atoms with van der Waals surface area (Å²) >= 11 is 3.42. The highest BCUT2D eigenvalue weighted by atomic mass is 79.9. The average molecular weight is 406 g/mol. The van der Waals surface area contributed by atoms with Crippen LogP contribution in [0.25, 0.3) is 0 Å². The fourth-order valence-electron chi connectivity index (χ4n) is 2.51. The fraction of sp³-hybridized carbons (Fsp3) is 0.350. The monoisotopic (exact) mass is 405 g/mol. The van der Waals surface area contributed by atoms with Gasteiger partial charge in [0.1, 0.15) is 5.75 Å². The lowest BCUT2D eigenvalue weighted by Gasteiger charge is -2.13. The topological polar surface area (TPSA) is 58.6 Å². The zero-order chi connectivity index (χ0) is 18.1. The summed E-state index contributed by atoms with van der Waals surface area (Å²) in [4.78, 5) is 11.9. The summed E-state index contributed by atoms with van der Waals surface area (Å²) in [6.45, 7) is 0.220. The molecule has 1 amide bonds. The van der Waals surface area contributed by atoms with Crippen LogP contribution in [-0.4, -0.2) is 24.7 Å². The third-order valence-corrected chi connectivity index (χ3v) is 4.55. The van der Waals surface area contributed by atoms with Gasteiger partial charge in [-0.1, -0.05) is 40.2 Å². The molecule has 1 atom stereocenters. The number of unbranched alkanes of at least 4 members (excludes halogenated alkanes) is 1. The van der Waals surface area contributed by atoms with E-state index >= 15 is 0 Å². The first-order valence-electron chi connectivity index (χ1n) is 8.41. The Balaban J connectivity index is 1.63. The summed E-state index contributed by atoms with van der Waals surface area (Å²) in [5, 5.41) is 12.9. The zero-order valence-electron chi connectivity index (χ0n) is 14.4. The summed E-state index contributed by atoms with van der Waals surface area (Å²) < 4.78 is 6.16. The number of amides is 1. The molecule has 0 aliphatic heterocycles. The third kappa shape index (κ3) is 6.88. The number of ether oxygens (including phenoxy) is 1. The molecule has 0 radical (unpaired) electrons. The van der Waals surface area contributed by atoms with E-state index in [0.29, 0.717) is 6.42 Å². The van der Waals surface area contributed by atoms with E-state index < -0.39 is 6.10 Å². The lowest BCUT2D eigenvalue weighted by atomic mass is 10.1. The predicted octanol–water partition coefficient (Wildman–Crippen LogP) is 4.02. The molecular formula is C20H24BrNO3. The largest absolute Gasteiger partial charge is 0.497 e. The van der Waals surface area contributed by atoms with Crippen LogP contribution < -0.4 is 10.1 Å². The number of rotatable bonds is 9. The maximum Gasteiger partial charge on any atom is 0.220 e. The molecule has 25 heavy (non-hydrogen) atoms. The number of aliphatic hydroxyl groups is 1. The van der Waals surface area contributed by atoms with Crippen molar-refractivity contribution in [2.75, 3.05) is 13.7 Å². The van der Waals surface area contributed by atoms with E-state index in [4.69, 9.17) is 4.74 Å². The molecule has 1 unspecified atom stereocenters. The molecule has 4 nitrogen and oxygen atoms in total. The number of aliphatic hydroxyl groups excluding tert-OH is 1. The van der Waals surface area contributed by atoms with Crippen molar-refractivity contribution in [3.05, 3.63) is 64.1 Å². The zero-order valence-corrected chi connectivity index (χ0v) is 16.0. The standard InChI is InChI=1S/C20H24BrNO3/c1-25-18-12-8-16(9-13-18)19(23)14-22-20(24)5-3-2-4-15-6-10-17(21)11-7-15/h6-13,19,23H,2-5,14H2,1H3,(H,22,24). The second-order valence-corrected chi connectivity index (χ2v) is 6.84. The Morgan fingerprint density at radius 2 is 1.80 bits per heavy atom. The highest BCUT2D eigenvalue weighted by Crippen LogP contribution is 2.17. The van der Waals surface area contributed by atoms with Gasteiger partial charge in [-0.3, -0.25) is 4.79 Å². The van der Waals surface area contributed by atoms with Gasteiger partial charge in [-0.15, -0.1) is 0 Å². The fourth-order valence-corrected chi connectivity index (χ4v) is 2.77. The molecule has 0 fully saturated rings. The van der Waals surface area contributed by atoms with Crippen LogP contribution in [0.2, 0.25) is 0 Å². The molecule has 0 bridgehead atoms. The number of hydrogen-bond donors (Lipinski definition) is 2. The summed E-state index contributed by atoms with van der Waals surface area (Å²) in [5.74, 6) is 0.717. The van der Waals surface area contributed by atoms with E-state index in [0.717, 1.165) is 35.0 Å². The van der Waals surface area contributed by atoms with Crippen molar-refractivity contribution < 1.29 is 14.6 Å². The number of methoxy groups -OCH3 is 1. The van der Waals surface area contributed by atoms with Crippen molar-refractivity contribution in [3.8, 4) is 5.75 Å². The lowest BCUT2D eigenvalue weighted by molar-refractivity contribution is -0.121. The summed E-state index contributed by atoms with van der Waals surface area (Å²) in [6.07, 6.45) is 2.54. The molecule has 134 valence electrons. The van der Waals surface area contributed by atoms with E-state index in [2.05, 4.69) is 33.4 Å². The third-order valence-electron chi connectivity index (χ3n) is 4.03. The van der Waals surface area contributed by atoms with Crippen LogP contribution in [0.5, 0.6) is 5.75 Å². The number of benzene rings is 2. The Kier molecular flexibility index (Phi) is 7.95. The van der Waals surface area contributed by atoms with Gasteiger partial charge in [0, 0.05) is 17.4 Å². The molecule has 2 aromatic rings. The van der Waals surface area contributed by atoms with Gasteiger partial charge < -0.3 is 15.2 Å². The molecule has 2 N–H and O–H groups in total. The number of carbonyl (C=O) groups is 1. The van der Waals surface area contributed by atoms with Gasteiger partial charge in [0.15, 0.2) is 0 Å². The predicted molar refractivity (Wildman–Crippen MR) is 103 cm³/mol. The van der Waals surface area contributed by atoms with Gasteiger partial charge in [-0.25, -0.2) is 0 Å². The van der Waals surface area contributed by atoms with Gasteiger partial charge in [0.05, 0.1) is 13.2 Å². The Labute approximate surface area is 157 Å². The lowest BCUT2D eigenvalue weighted by Crippen LogP contribution is -2.28. The second-order valence-electron chi connectivity index (χ2n) is 5.93. The van der Waals surface area contributed by atoms with Crippen LogP contribution in [0, 0.1) is 0 Å². The minimum Gasteiger partial charge on any atom is -0.497 e. The normalized spacial score (nSPS) is 11.8. The van der Waals surface area contributed by atoms with E-state index in [1.54, 1.807) is 31.4 Å². The molecule has 0 aliphatic carbocycles. The average Bonchev–Trinajstić information content (AvgIpc) is 2.64. The maximum absolute atomic E-state index is 11.9. The molecule has 0 aromatic heterocycles. The molecular weight excluding hydrogens is 382 g/mol. The first kappa shape index (κ1) is 19.5. The molecule has 5 heteroatoms. The van der Waals surface area contributed by atoms with Gasteiger partial charge in [-0.2, -0.15) is 0 Å². The summed E-state index contributed by atoms with van der Waals surface area (Å²) in [7, 11) is 1.60. The minimum absolute atomic E-state index is 0.0247. The van der Waals surface area contributed by atoms with Crippen LogP contribution >= 0.6 is 15.9 Å². The van der Waals surface area contributed by atoms with Crippen LogP contribution in [0.4, 0.5) is 0 Å². The van der Waals surface area contributed by atoms with Gasteiger partial charge in [-0.05, 0) is 54.7 Å². The van der Waals surface area contributed by atoms with E-state index in [-0.39, 0.29) is 12.5 Å². The van der Waals surface area contributed by atoms with Crippen molar-refractivity contribution >= 4 is 21.8 Å². The van der Waals surface area contributed by atoms with Crippen LogP contribution in [0.1, 0.15) is 36.5 Å².